The smallest absolute Gasteiger partial charge is 0.272 e. The maximum atomic E-state index is 14.0. The molecule has 4 rings (SSSR count). The number of nitrogens with zero attached hydrogens (tertiary/aromatic N) is 2. The average Bonchev–Trinajstić information content (AvgIpc) is 2.84. The summed E-state index contributed by atoms with van der Waals surface area (Å²) in [6.45, 7) is 0.0759. The third-order valence-corrected chi connectivity index (χ3v) is 4.85. The maximum Gasteiger partial charge on any atom is 0.272 e. The normalized spacial score (nSPS) is 10.4. The van der Waals surface area contributed by atoms with Gasteiger partial charge in [0.15, 0.2) is 0 Å². The SMILES string of the molecule is NC(=O)c1cnc(Nc2cccc(NC(=O)c3cccc(=O)[nH]3)c2)nc1NCc1ccccc1F. The number of rotatable bonds is 8. The summed E-state index contributed by atoms with van der Waals surface area (Å²) in [6, 6.07) is 17.2. The minimum absolute atomic E-state index is 0.0461. The van der Waals surface area contributed by atoms with Crippen LogP contribution in [-0.4, -0.2) is 26.8 Å². The van der Waals surface area contributed by atoms with E-state index in [9.17, 15) is 18.8 Å². The van der Waals surface area contributed by atoms with Crippen LogP contribution < -0.4 is 27.2 Å². The lowest BCUT2D eigenvalue weighted by molar-refractivity contribution is 0.0997. The highest BCUT2D eigenvalue weighted by atomic mass is 19.1. The van der Waals surface area contributed by atoms with Crippen molar-refractivity contribution in [3.05, 3.63) is 106 Å². The van der Waals surface area contributed by atoms with Crippen molar-refractivity contribution in [3.8, 4) is 0 Å². The second-order valence-electron chi connectivity index (χ2n) is 7.35. The number of carbonyl (C=O) groups is 2. The largest absolute Gasteiger partial charge is 0.365 e. The van der Waals surface area contributed by atoms with E-state index in [0.29, 0.717) is 16.9 Å². The molecule has 0 fully saturated rings. The molecule has 0 spiro atoms. The fourth-order valence-corrected chi connectivity index (χ4v) is 3.16. The van der Waals surface area contributed by atoms with Gasteiger partial charge in [-0.05, 0) is 30.3 Å². The van der Waals surface area contributed by atoms with Gasteiger partial charge in [-0.2, -0.15) is 4.98 Å². The summed E-state index contributed by atoms with van der Waals surface area (Å²) in [5.74, 6) is -1.35. The molecule has 2 heterocycles. The van der Waals surface area contributed by atoms with Crippen molar-refractivity contribution >= 4 is 35.0 Å². The molecule has 0 radical (unpaired) electrons. The summed E-state index contributed by atoms with van der Waals surface area (Å²) < 4.78 is 14.0. The summed E-state index contributed by atoms with van der Waals surface area (Å²) in [6.07, 6.45) is 1.26. The van der Waals surface area contributed by atoms with Gasteiger partial charge in [-0.25, -0.2) is 9.37 Å². The summed E-state index contributed by atoms with van der Waals surface area (Å²) >= 11 is 0. The number of aromatic amines is 1. The van der Waals surface area contributed by atoms with Gasteiger partial charge in [0.2, 0.25) is 11.5 Å². The van der Waals surface area contributed by atoms with Gasteiger partial charge in [-0.15, -0.1) is 0 Å². The van der Waals surface area contributed by atoms with Crippen LogP contribution in [0, 0.1) is 5.82 Å². The Morgan fingerprint density at radius 3 is 2.54 bits per heavy atom. The fraction of sp³-hybridized carbons (Fsp3) is 0.0417. The van der Waals surface area contributed by atoms with Gasteiger partial charge in [0, 0.05) is 35.7 Å². The number of hydrogen-bond donors (Lipinski definition) is 5. The molecule has 10 nitrogen and oxygen atoms in total. The molecule has 2 aromatic carbocycles. The highest BCUT2D eigenvalue weighted by Crippen LogP contribution is 2.21. The van der Waals surface area contributed by atoms with Crippen LogP contribution in [0.2, 0.25) is 0 Å². The van der Waals surface area contributed by atoms with Gasteiger partial charge >= 0.3 is 0 Å². The molecule has 0 saturated carbocycles. The van der Waals surface area contributed by atoms with Gasteiger partial charge in [0.25, 0.3) is 11.8 Å². The molecule has 0 aliphatic heterocycles. The number of halogens is 1. The van der Waals surface area contributed by atoms with Crippen molar-refractivity contribution in [2.24, 2.45) is 5.73 Å². The van der Waals surface area contributed by atoms with Crippen molar-refractivity contribution in [2.75, 3.05) is 16.0 Å². The van der Waals surface area contributed by atoms with Crippen molar-refractivity contribution in [1.82, 2.24) is 15.0 Å². The van der Waals surface area contributed by atoms with Gasteiger partial charge in [0.05, 0.1) is 5.56 Å². The summed E-state index contributed by atoms with van der Waals surface area (Å²) in [7, 11) is 0. The van der Waals surface area contributed by atoms with Crippen molar-refractivity contribution in [3.63, 3.8) is 0 Å². The highest BCUT2D eigenvalue weighted by molar-refractivity contribution is 6.03. The predicted octanol–water partition coefficient (Wildman–Crippen LogP) is 3.01. The van der Waals surface area contributed by atoms with Crippen LogP contribution in [0.25, 0.3) is 0 Å². The zero-order valence-electron chi connectivity index (χ0n) is 18.2. The minimum atomic E-state index is -0.740. The molecule has 35 heavy (non-hydrogen) atoms. The Hall–Kier alpha value is -5.06. The lowest BCUT2D eigenvalue weighted by Gasteiger charge is -2.12. The number of anilines is 4. The Morgan fingerprint density at radius 1 is 1.00 bits per heavy atom. The molecule has 0 aliphatic rings. The molecule has 6 N–H and O–H groups in total. The zero-order chi connectivity index (χ0) is 24.8. The van der Waals surface area contributed by atoms with E-state index in [1.165, 1.54) is 30.5 Å². The monoisotopic (exact) mass is 473 g/mol. The topological polar surface area (TPSA) is 155 Å². The number of pyridine rings is 1. The second-order valence-corrected chi connectivity index (χ2v) is 7.35. The number of benzene rings is 2. The van der Waals surface area contributed by atoms with Crippen LogP contribution >= 0.6 is 0 Å². The van der Waals surface area contributed by atoms with Crippen LogP contribution in [0.3, 0.4) is 0 Å². The lowest BCUT2D eigenvalue weighted by Crippen LogP contribution is -2.18. The number of nitrogens with one attached hydrogen (secondary N) is 4. The Labute approximate surface area is 198 Å². The van der Waals surface area contributed by atoms with E-state index in [1.54, 1.807) is 42.5 Å². The summed E-state index contributed by atoms with van der Waals surface area (Å²) in [5, 5.41) is 8.60. The molecule has 2 aromatic heterocycles. The number of primary amides is 1. The zero-order valence-corrected chi connectivity index (χ0v) is 18.2. The Morgan fingerprint density at radius 2 is 1.77 bits per heavy atom. The number of H-pyrrole nitrogens is 1. The molecule has 0 atom stereocenters. The Balaban J connectivity index is 1.51. The second kappa shape index (κ2) is 10.3. The van der Waals surface area contributed by atoms with Crippen molar-refractivity contribution in [1.29, 1.82) is 0 Å². The molecular formula is C24H20FN7O3. The maximum absolute atomic E-state index is 14.0. The van der Waals surface area contributed by atoms with Gasteiger partial charge in [-0.1, -0.05) is 30.3 Å². The summed E-state index contributed by atoms with van der Waals surface area (Å²) in [5.41, 5.74) is 6.58. The van der Waals surface area contributed by atoms with Crippen molar-refractivity contribution in [2.45, 2.75) is 6.54 Å². The molecule has 4 aromatic rings. The first-order valence-electron chi connectivity index (χ1n) is 10.4. The van der Waals surface area contributed by atoms with Gasteiger partial charge in [-0.3, -0.25) is 14.4 Å². The Kier molecular flexibility index (Phi) is 6.77. The van der Waals surface area contributed by atoms with E-state index < -0.39 is 17.6 Å². The van der Waals surface area contributed by atoms with Gasteiger partial charge < -0.3 is 26.7 Å². The van der Waals surface area contributed by atoms with Gasteiger partial charge in [0.1, 0.15) is 17.3 Å². The molecule has 0 unspecified atom stereocenters. The van der Waals surface area contributed by atoms with Crippen LogP contribution in [0.5, 0.6) is 0 Å². The molecule has 11 heteroatoms. The number of aromatic nitrogens is 3. The summed E-state index contributed by atoms with van der Waals surface area (Å²) in [4.78, 5) is 46.5. The van der Waals surface area contributed by atoms with Crippen LogP contribution in [0.1, 0.15) is 26.4 Å². The first-order chi connectivity index (χ1) is 16.9. The van der Waals surface area contributed by atoms with Crippen LogP contribution in [0.15, 0.2) is 77.7 Å². The van der Waals surface area contributed by atoms with E-state index in [1.807, 2.05) is 0 Å². The fourth-order valence-electron chi connectivity index (χ4n) is 3.16. The number of amides is 2. The van der Waals surface area contributed by atoms with Crippen molar-refractivity contribution < 1.29 is 14.0 Å². The minimum Gasteiger partial charge on any atom is -0.365 e. The highest BCUT2D eigenvalue weighted by Gasteiger charge is 2.14. The Bertz CT molecular complexity index is 1450. The molecule has 2 amide bonds. The lowest BCUT2D eigenvalue weighted by atomic mass is 10.2. The molecule has 0 aliphatic carbocycles. The molecule has 0 bridgehead atoms. The number of carbonyl (C=O) groups excluding carboxylic acids is 2. The van der Waals surface area contributed by atoms with Crippen LogP contribution in [-0.2, 0) is 6.54 Å². The molecular weight excluding hydrogens is 453 g/mol. The number of nitrogens with two attached hydrogens (primary N) is 1. The number of hydrogen-bond acceptors (Lipinski definition) is 7. The first kappa shape index (κ1) is 23.1. The molecule has 176 valence electrons. The van der Waals surface area contributed by atoms with E-state index in [-0.39, 0.29) is 35.1 Å². The van der Waals surface area contributed by atoms with E-state index in [0.717, 1.165) is 0 Å². The van der Waals surface area contributed by atoms with Crippen LogP contribution in [0.4, 0.5) is 27.5 Å². The standard InChI is InChI=1S/C24H20FN7O3/c25-18-8-2-1-5-14(18)12-27-22-17(21(26)34)13-28-24(32-22)30-16-7-3-6-15(11-16)29-23(35)19-9-4-10-20(33)31-19/h1-11,13H,12H2,(H2,26,34)(H,29,35)(H,31,33)(H2,27,28,30,32). The first-order valence-corrected chi connectivity index (χ1v) is 10.4. The quantitative estimate of drug-likeness (QED) is 0.263. The van der Waals surface area contributed by atoms with E-state index >= 15 is 0 Å². The molecule has 0 saturated heterocycles. The third kappa shape index (κ3) is 5.85. The van der Waals surface area contributed by atoms with E-state index in [4.69, 9.17) is 5.73 Å². The average molecular weight is 473 g/mol. The third-order valence-electron chi connectivity index (χ3n) is 4.85. The predicted molar refractivity (Wildman–Crippen MR) is 129 cm³/mol. The van der Waals surface area contributed by atoms with E-state index in [2.05, 4.69) is 30.9 Å².